The predicted octanol–water partition coefficient (Wildman–Crippen LogP) is 2.04. The Morgan fingerprint density at radius 2 is 1.83 bits per heavy atom. The Hall–Kier alpha value is -1.76. The molecule has 0 saturated carbocycles. The molecule has 0 bridgehead atoms. The molecule has 1 heterocycles. The molecule has 0 unspecified atom stereocenters. The summed E-state index contributed by atoms with van der Waals surface area (Å²) in [6, 6.07) is 1.44. The van der Waals surface area contributed by atoms with E-state index in [1.807, 2.05) is 0 Å². The molecule has 0 amide bonds. The molecule has 2 N–H and O–H groups in total. The number of nitro benzene ring substituents is 1. The molecule has 1 saturated heterocycles. The molecule has 1 aromatic carbocycles. The fraction of sp³-hybridized carbons (Fsp3) is 0.455. The predicted molar refractivity (Wildman–Crippen MR) is 62.5 cm³/mol. The molecular weight excluding hydrogens is 244 g/mol. The van der Waals surface area contributed by atoms with E-state index in [2.05, 4.69) is 10.6 Å². The smallest absolute Gasteiger partial charge is 0.275 e. The summed E-state index contributed by atoms with van der Waals surface area (Å²) >= 11 is 0. The number of nitrogens with one attached hydrogen (secondary N) is 2. The molecule has 5 nitrogen and oxygen atoms in total. The van der Waals surface area contributed by atoms with Crippen molar-refractivity contribution >= 4 is 11.4 Å². The largest absolute Gasteiger partial charge is 0.377 e. The standard InChI is InChI=1S/C11H13F2N3O2/c12-9-5-8(16(17)18)6-10(13)11(9)15-7-1-3-14-4-2-7/h5-7,14-15H,1-4H2. The highest BCUT2D eigenvalue weighted by atomic mass is 19.1. The van der Waals surface area contributed by atoms with Crippen LogP contribution in [0, 0.1) is 21.7 Å². The minimum Gasteiger partial charge on any atom is -0.377 e. The number of nitrogens with zero attached hydrogens (tertiary/aromatic N) is 1. The molecule has 1 aromatic rings. The molecule has 1 aliphatic rings. The molecule has 98 valence electrons. The molecule has 0 aromatic heterocycles. The highest BCUT2D eigenvalue weighted by Crippen LogP contribution is 2.26. The van der Waals surface area contributed by atoms with Crippen LogP contribution in [0.15, 0.2) is 12.1 Å². The molecule has 1 aliphatic heterocycles. The molecule has 0 radical (unpaired) electrons. The average molecular weight is 257 g/mol. The van der Waals surface area contributed by atoms with Crippen molar-refractivity contribution in [2.75, 3.05) is 18.4 Å². The average Bonchev–Trinajstić information content (AvgIpc) is 2.34. The van der Waals surface area contributed by atoms with Crippen molar-refractivity contribution in [1.29, 1.82) is 0 Å². The van der Waals surface area contributed by atoms with Crippen molar-refractivity contribution < 1.29 is 13.7 Å². The van der Waals surface area contributed by atoms with Crippen LogP contribution in [0.1, 0.15) is 12.8 Å². The summed E-state index contributed by atoms with van der Waals surface area (Å²) < 4.78 is 27.2. The number of piperidine rings is 1. The molecule has 2 rings (SSSR count). The first kappa shape index (κ1) is 12.7. The number of hydrogen-bond acceptors (Lipinski definition) is 4. The Bertz CT molecular complexity index is 439. The van der Waals surface area contributed by atoms with Crippen molar-refractivity contribution in [2.45, 2.75) is 18.9 Å². The SMILES string of the molecule is O=[N+]([O-])c1cc(F)c(NC2CCNCC2)c(F)c1. The van der Waals surface area contributed by atoms with Gasteiger partial charge in [0.1, 0.15) is 5.69 Å². The van der Waals surface area contributed by atoms with Gasteiger partial charge in [0.15, 0.2) is 11.6 Å². The van der Waals surface area contributed by atoms with Gasteiger partial charge in [0.25, 0.3) is 5.69 Å². The Morgan fingerprint density at radius 1 is 1.28 bits per heavy atom. The van der Waals surface area contributed by atoms with Gasteiger partial charge in [-0.25, -0.2) is 8.78 Å². The van der Waals surface area contributed by atoms with Gasteiger partial charge in [-0.1, -0.05) is 0 Å². The van der Waals surface area contributed by atoms with Crippen LogP contribution < -0.4 is 10.6 Å². The van der Waals surface area contributed by atoms with E-state index in [9.17, 15) is 18.9 Å². The first-order valence-corrected chi connectivity index (χ1v) is 5.68. The second-order valence-electron chi connectivity index (χ2n) is 4.21. The third-order valence-electron chi connectivity index (χ3n) is 2.93. The van der Waals surface area contributed by atoms with Crippen LogP contribution in [0.2, 0.25) is 0 Å². The van der Waals surface area contributed by atoms with Gasteiger partial charge in [0.05, 0.1) is 17.1 Å². The van der Waals surface area contributed by atoms with Crippen molar-refractivity contribution in [2.24, 2.45) is 0 Å². The number of nitro groups is 1. The highest BCUT2D eigenvalue weighted by Gasteiger charge is 2.20. The zero-order chi connectivity index (χ0) is 13.1. The van der Waals surface area contributed by atoms with E-state index in [-0.39, 0.29) is 11.7 Å². The van der Waals surface area contributed by atoms with Gasteiger partial charge in [0, 0.05) is 6.04 Å². The molecule has 0 atom stereocenters. The number of non-ortho nitro benzene ring substituents is 1. The summed E-state index contributed by atoms with van der Waals surface area (Å²) in [5.74, 6) is -1.86. The third-order valence-corrected chi connectivity index (χ3v) is 2.93. The zero-order valence-corrected chi connectivity index (χ0v) is 9.58. The van der Waals surface area contributed by atoms with Gasteiger partial charge in [-0.05, 0) is 25.9 Å². The molecule has 18 heavy (non-hydrogen) atoms. The molecule has 1 fully saturated rings. The number of hydrogen-bond donors (Lipinski definition) is 2. The van der Waals surface area contributed by atoms with Gasteiger partial charge < -0.3 is 10.6 Å². The van der Waals surface area contributed by atoms with Crippen molar-refractivity contribution in [1.82, 2.24) is 5.32 Å². The van der Waals surface area contributed by atoms with E-state index in [0.29, 0.717) is 0 Å². The maximum absolute atomic E-state index is 13.6. The van der Waals surface area contributed by atoms with E-state index >= 15 is 0 Å². The van der Waals surface area contributed by atoms with Crippen molar-refractivity contribution in [3.63, 3.8) is 0 Å². The Kier molecular flexibility index (Phi) is 3.71. The second-order valence-corrected chi connectivity index (χ2v) is 4.21. The lowest BCUT2D eigenvalue weighted by atomic mass is 10.1. The number of rotatable bonds is 3. The minimum absolute atomic E-state index is 0.0169. The van der Waals surface area contributed by atoms with Crippen LogP contribution in [0.5, 0.6) is 0 Å². The van der Waals surface area contributed by atoms with E-state index < -0.39 is 22.2 Å². The van der Waals surface area contributed by atoms with Crippen LogP contribution in [0.4, 0.5) is 20.2 Å². The number of benzene rings is 1. The Labute approximate surface area is 102 Å². The summed E-state index contributed by atoms with van der Waals surface area (Å²) in [7, 11) is 0. The Balaban J connectivity index is 2.19. The number of anilines is 1. The topological polar surface area (TPSA) is 67.2 Å². The lowest BCUT2D eigenvalue weighted by molar-refractivity contribution is -0.385. The van der Waals surface area contributed by atoms with E-state index in [1.165, 1.54) is 0 Å². The summed E-state index contributed by atoms with van der Waals surface area (Å²) in [6.07, 6.45) is 1.52. The zero-order valence-electron chi connectivity index (χ0n) is 9.58. The summed E-state index contributed by atoms with van der Waals surface area (Å²) in [6.45, 7) is 1.57. The number of halogens is 2. The minimum atomic E-state index is -0.930. The van der Waals surface area contributed by atoms with Gasteiger partial charge >= 0.3 is 0 Å². The third kappa shape index (κ3) is 2.73. The van der Waals surface area contributed by atoms with E-state index in [1.54, 1.807) is 0 Å². The first-order valence-electron chi connectivity index (χ1n) is 5.68. The Morgan fingerprint density at radius 3 is 2.33 bits per heavy atom. The van der Waals surface area contributed by atoms with E-state index in [4.69, 9.17) is 0 Å². The van der Waals surface area contributed by atoms with Gasteiger partial charge in [-0.3, -0.25) is 10.1 Å². The van der Waals surface area contributed by atoms with Gasteiger partial charge in [-0.2, -0.15) is 0 Å². The highest BCUT2D eigenvalue weighted by molar-refractivity contribution is 5.52. The quantitative estimate of drug-likeness (QED) is 0.642. The van der Waals surface area contributed by atoms with Crippen LogP contribution in [0.25, 0.3) is 0 Å². The molecule has 0 spiro atoms. The van der Waals surface area contributed by atoms with Crippen molar-refractivity contribution in [3.8, 4) is 0 Å². The lowest BCUT2D eigenvalue weighted by Crippen LogP contribution is -2.35. The van der Waals surface area contributed by atoms with Gasteiger partial charge in [-0.15, -0.1) is 0 Å². The lowest BCUT2D eigenvalue weighted by Gasteiger charge is -2.25. The van der Waals surface area contributed by atoms with Crippen LogP contribution >= 0.6 is 0 Å². The molecular formula is C11H13F2N3O2. The first-order chi connectivity index (χ1) is 8.58. The van der Waals surface area contributed by atoms with E-state index in [0.717, 1.165) is 38.1 Å². The normalized spacial score (nSPS) is 16.6. The second kappa shape index (κ2) is 5.26. The van der Waals surface area contributed by atoms with Gasteiger partial charge in [0.2, 0.25) is 0 Å². The van der Waals surface area contributed by atoms with Crippen LogP contribution in [-0.2, 0) is 0 Å². The van der Waals surface area contributed by atoms with Crippen LogP contribution in [0.3, 0.4) is 0 Å². The summed E-state index contributed by atoms with van der Waals surface area (Å²) in [4.78, 5) is 9.63. The van der Waals surface area contributed by atoms with Crippen LogP contribution in [-0.4, -0.2) is 24.1 Å². The molecule has 7 heteroatoms. The summed E-state index contributed by atoms with van der Waals surface area (Å²) in [5.41, 5.74) is -0.867. The monoisotopic (exact) mass is 257 g/mol. The van der Waals surface area contributed by atoms with Crippen molar-refractivity contribution in [3.05, 3.63) is 33.9 Å². The molecule has 0 aliphatic carbocycles. The maximum atomic E-state index is 13.6. The fourth-order valence-electron chi connectivity index (χ4n) is 1.97. The fourth-order valence-corrected chi connectivity index (χ4v) is 1.97. The summed E-state index contributed by atoms with van der Waals surface area (Å²) in [5, 5.41) is 16.4. The maximum Gasteiger partial charge on any atom is 0.275 e.